The van der Waals surface area contributed by atoms with Gasteiger partial charge in [0.25, 0.3) is 0 Å². The molecule has 17 heavy (non-hydrogen) atoms. The summed E-state index contributed by atoms with van der Waals surface area (Å²) in [5, 5.41) is 0.0558. The third kappa shape index (κ3) is 4.44. The fourth-order valence-corrected chi connectivity index (χ4v) is 1.90. The summed E-state index contributed by atoms with van der Waals surface area (Å²) in [5.74, 6) is -0.354. The van der Waals surface area contributed by atoms with Gasteiger partial charge in [-0.1, -0.05) is 30.7 Å². The van der Waals surface area contributed by atoms with Gasteiger partial charge in [-0.15, -0.1) is 0 Å². The highest BCUT2D eigenvalue weighted by molar-refractivity contribution is 6.30. The number of carbonyl (C=O) groups is 1. The van der Waals surface area contributed by atoms with Crippen LogP contribution in [0, 0.1) is 11.7 Å². The van der Waals surface area contributed by atoms with Crippen LogP contribution in [0.1, 0.15) is 18.9 Å². The van der Waals surface area contributed by atoms with Crippen molar-refractivity contribution in [2.24, 2.45) is 5.92 Å². The molecule has 0 saturated heterocycles. The molecule has 0 aliphatic heterocycles. The van der Waals surface area contributed by atoms with Gasteiger partial charge in [0.2, 0.25) is 0 Å². The zero-order valence-corrected chi connectivity index (χ0v) is 10.8. The molecule has 1 atom stereocenters. The summed E-state index contributed by atoms with van der Waals surface area (Å²) in [6, 6.07) is 4.70. The maximum Gasteiger partial charge on any atom is 0.145 e. The summed E-state index contributed by atoms with van der Waals surface area (Å²) >= 11 is 5.65. The molecule has 0 aliphatic rings. The van der Waals surface area contributed by atoms with Gasteiger partial charge in [-0.05, 0) is 17.5 Å². The van der Waals surface area contributed by atoms with Crippen LogP contribution in [-0.2, 0) is 16.0 Å². The minimum atomic E-state index is -0.498. The molecule has 0 fully saturated rings. The summed E-state index contributed by atoms with van der Waals surface area (Å²) in [6.45, 7) is 2.46. The largest absolute Gasteiger partial charge is 0.384 e. The lowest BCUT2D eigenvalue weighted by molar-refractivity contribution is -0.119. The minimum absolute atomic E-state index is 0.00397. The summed E-state index contributed by atoms with van der Waals surface area (Å²) < 4.78 is 18.5. The second kappa shape index (κ2) is 6.72. The zero-order valence-electron chi connectivity index (χ0n) is 10.0. The summed E-state index contributed by atoms with van der Waals surface area (Å²) in [7, 11) is 1.59. The van der Waals surface area contributed by atoms with E-state index in [4.69, 9.17) is 16.3 Å². The maximum atomic E-state index is 13.5. The van der Waals surface area contributed by atoms with Gasteiger partial charge in [0.15, 0.2) is 0 Å². The number of carbonyl (C=O) groups excluding carboxylic acids is 1. The van der Waals surface area contributed by atoms with Crippen molar-refractivity contribution in [3.8, 4) is 0 Å². The Labute approximate surface area is 106 Å². The quantitative estimate of drug-likeness (QED) is 0.783. The van der Waals surface area contributed by atoms with Gasteiger partial charge in [-0.2, -0.15) is 0 Å². The van der Waals surface area contributed by atoms with Crippen molar-refractivity contribution in [2.75, 3.05) is 13.7 Å². The first kappa shape index (κ1) is 14.1. The highest BCUT2D eigenvalue weighted by Crippen LogP contribution is 2.19. The Balaban J connectivity index is 2.59. The van der Waals surface area contributed by atoms with E-state index in [0.29, 0.717) is 18.6 Å². The van der Waals surface area contributed by atoms with E-state index in [2.05, 4.69) is 0 Å². The number of ketones is 1. The van der Waals surface area contributed by atoms with Crippen LogP contribution >= 0.6 is 11.6 Å². The van der Waals surface area contributed by atoms with Crippen molar-refractivity contribution in [3.63, 3.8) is 0 Å². The Morgan fingerprint density at radius 3 is 2.88 bits per heavy atom. The van der Waals surface area contributed by atoms with E-state index in [-0.39, 0.29) is 23.1 Å². The van der Waals surface area contributed by atoms with Crippen LogP contribution in [0.5, 0.6) is 0 Å². The standard InChI is InChI=1S/C13H16ClFO2/c1-9(8-17-2)6-11(16)7-10-4-3-5-12(14)13(10)15/h3-5,9H,6-8H2,1-2H3. The minimum Gasteiger partial charge on any atom is -0.384 e. The molecule has 0 heterocycles. The average molecular weight is 259 g/mol. The Bertz CT molecular complexity index is 393. The molecule has 0 aliphatic carbocycles. The van der Waals surface area contributed by atoms with Crippen LogP contribution in [0.25, 0.3) is 0 Å². The number of halogens is 2. The molecule has 4 heteroatoms. The van der Waals surface area contributed by atoms with Gasteiger partial charge in [-0.25, -0.2) is 4.39 Å². The predicted molar refractivity (Wildman–Crippen MR) is 65.8 cm³/mol. The van der Waals surface area contributed by atoms with E-state index in [1.54, 1.807) is 19.2 Å². The van der Waals surface area contributed by atoms with Crippen LogP contribution in [0.2, 0.25) is 5.02 Å². The van der Waals surface area contributed by atoms with Crippen LogP contribution in [-0.4, -0.2) is 19.5 Å². The Hall–Kier alpha value is -0.930. The molecule has 1 rings (SSSR count). The van der Waals surface area contributed by atoms with Crippen molar-refractivity contribution in [3.05, 3.63) is 34.6 Å². The number of ether oxygens (including phenoxy) is 1. The molecule has 1 unspecified atom stereocenters. The molecular formula is C13H16ClFO2. The highest BCUT2D eigenvalue weighted by atomic mass is 35.5. The maximum absolute atomic E-state index is 13.5. The number of benzene rings is 1. The first-order chi connectivity index (χ1) is 8.04. The SMILES string of the molecule is COCC(C)CC(=O)Cc1cccc(Cl)c1F. The second-order valence-corrected chi connectivity index (χ2v) is 4.60. The number of methoxy groups -OCH3 is 1. The first-order valence-electron chi connectivity index (χ1n) is 5.48. The monoisotopic (exact) mass is 258 g/mol. The Kier molecular flexibility index (Phi) is 5.59. The van der Waals surface area contributed by atoms with Crippen molar-refractivity contribution in [1.82, 2.24) is 0 Å². The number of rotatable bonds is 6. The van der Waals surface area contributed by atoms with E-state index in [0.717, 1.165) is 0 Å². The fourth-order valence-electron chi connectivity index (χ4n) is 1.70. The summed E-state index contributed by atoms with van der Waals surface area (Å²) in [6.07, 6.45) is 0.472. The van der Waals surface area contributed by atoms with Crippen LogP contribution in [0.3, 0.4) is 0 Å². The summed E-state index contributed by atoms with van der Waals surface area (Å²) in [4.78, 5) is 11.7. The fraction of sp³-hybridized carbons (Fsp3) is 0.462. The van der Waals surface area contributed by atoms with Crippen LogP contribution in [0.15, 0.2) is 18.2 Å². The predicted octanol–water partition coefficient (Wildman–Crippen LogP) is 3.26. The van der Waals surface area contributed by atoms with Gasteiger partial charge in [0, 0.05) is 26.6 Å². The molecule has 1 aromatic carbocycles. The molecule has 0 aromatic heterocycles. The molecular weight excluding hydrogens is 243 g/mol. The number of Topliss-reactive ketones (excluding diaryl/α,β-unsaturated/α-hetero) is 1. The first-order valence-corrected chi connectivity index (χ1v) is 5.86. The van der Waals surface area contributed by atoms with Crippen molar-refractivity contribution in [2.45, 2.75) is 19.8 Å². The smallest absolute Gasteiger partial charge is 0.145 e. The number of hydrogen-bond donors (Lipinski definition) is 0. The third-order valence-electron chi connectivity index (χ3n) is 2.45. The van der Waals surface area contributed by atoms with E-state index in [9.17, 15) is 9.18 Å². The van der Waals surface area contributed by atoms with Gasteiger partial charge >= 0.3 is 0 Å². The summed E-state index contributed by atoms with van der Waals surface area (Å²) in [5.41, 5.74) is 0.354. The average Bonchev–Trinajstić information content (AvgIpc) is 2.25. The van der Waals surface area contributed by atoms with E-state index < -0.39 is 5.82 Å². The normalized spacial score (nSPS) is 12.5. The van der Waals surface area contributed by atoms with Gasteiger partial charge in [0.05, 0.1) is 5.02 Å². The molecule has 0 bridgehead atoms. The zero-order chi connectivity index (χ0) is 12.8. The Morgan fingerprint density at radius 2 is 2.24 bits per heavy atom. The van der Waals surface area contributed by atoms with Gasteiger partial charge in [0.1, 0.15) is 11.6 Å². The molecule has 1 aromatic rings. The van der Waals surface area contributed by atoms with Crippen molar-refractivity contribution < 1.29 is 13.9 Å². The van der Waals surface area contributed by atoms with Crippen molar-refractivity contribution >= 4 is 17.4 Å². The van der Waals surface area contributed by atoms with E-state index >= 15 is 0 Å². The Morgan fingerprint density at radius 1 is 1.53 bits per heavy atom. The third-order valence-corrected chi connectivity index (χ3v) is 2.74. The molecule has 0 spiro atoms. The van der Waals surface area contributed by atoms with E-state index in [1.807, 2.05) is 6.92 Å². The lowest BCUT2D eigenvalue weighted by Gasteiger charge is -2.09. The van der Waals surface area contributed by atoms with Crippen molar-refractivity contribution in [1.29, 1.82) is 0 Å². The van der Waals surface area contributed by atoms with Crippen LogP contribution < -0.4 is 0 Å². The molecule has 2 nitrogen and oxygen atoms in total. The molecule has 0 amide bonds. The van der Waals surface area contributed by atoms with E-state index in [1.165, 1.54) is 6.07 Å². The number of hydrogen-bond acceptors (Lipinski definition) is 2. The lowest BCUT2D eigenvalue weighted by Crippen LogP contribution is -2.13. The highest BCUT2D eigenvalue weighted by Gasteiger charge is 2.13. The van der Waals surface area contributed by atoms with Crippen LogP contribution in [0.4, 0.5) is 4.39 Å². The molecule has 0 saturated carbocycles. The molecule has 0 radical (unpaired) electrons. The lowest BCUT2D eigenvalue weighted by atomic mass is 10.00. The van der Waals surface area contributed by atoms with Gasteiger partial charge < -0.3 is 4.74 Å². The molecule has 94 valence electrons. The molecule has 0 N–H and O–H groups in total. The van der Waals surface area contributed by atoms with Gasteiger partial charge in [-0.3, -0.25) is 4.79 Å². The topological polar surface area (TPSA) is 26.3 Å². The second-order valence-electron chi connectivity index (χ2n) is 4.19.